The Balaban J connectivity index is 1.15. The second kappa shape index (κ2) is 11.1. The zero-order chi connectivity index (χ0) is 19.7. The molecule has 2 heterocycles. The normalized spacial score (nSPS) is 11.0. The van der Waals surface area contributed by atoms with Gasteiger partial charge in [0.2, 0.25) is 0 Å². The van der Waals surface area contributed by atoms with E-state index in [4.69, 9.17) is 0 Å². The number of hydrogen-bond donors (Lipinski definition) is 0. The molecule has 2 aromatic carbocycles. The molecule has 7 heteroatoms. The molecule has 2 aromatic heterocycles. The van der Waals surface area contributed by atoms with Crippen molar-refractivity contribution >= 4 is 40.8 Å². The van der Waals surface area contributed by atoms with Crippen LogP contribution in [0.1, 0.15) is 29.4 Å². The van der Waals surface area contributed by atoms with Crippen LogP contribution in [0.25, 0.3) is 0 Å². The molecule has 4 nitrogen and oxygen atoms in total. The van der Waals surface area contributed by atoms with Gasteiger partial charge in [-0.2, -0.15) is 0 Å². The average molecular weight is 532 g/mol. The van der Waals surface area contributed by atoms with Crippen molar-refractivity contribution in [3.8, 4) is 0 Å². The molecule has 0 radical (unpaired) electrons. The van der Waals surface area contributed by atoms with E-state index in [9.17, 15) is 0 Å². The van der Waals surface area contributed by atoms with Crippen LogP contribution < -0.4 is 0 Å². The molecule has 4 aromatic rings. The van der Waals surface area contributed by atoms with Gasteiger partial charge in [-0.1, -0.05) is 0 Å². The Kier molecular flexibility index (Phi) is 7.91. The SMILES string of the molecule is c1ccc(Cc2nnc(CCSCCc3nnc(Cc4ccccc4)[se]3)[se]2)cc1. The van der Waals surface area contributed by atoms with E-state index >= 15 is 0 Å². The van der Waals surface area contributed by atoms with Crippen LogP contribution in [0, 0.1) is 0 Å². The first-order chi connectivity index (χ1) is 14.3. The van der Waals surface area contributed by atoms with Crippen LogP contribution >= 0.6 is 11.8 Å². The van der Waals surface area contributed by atoms with Gasteiger partial charge in [0.05, 0.1) is 0 Å². The van der Waals surface area contributed by atoms with Crippen LogP contribution in [0.15, 0.2) is 60.7 Å². The number of hydrogen-bond acceptors (Lipinski definition) is 5. The fourth-order valence-electron chi connectivity index (χ4n) is 2.88. The van der Waals surface area contributed by atoms with Crippen molar-refractivity contribution < 1.29 is 0 Å². The molecule has 0 bridgehead atoms. The molecule has 0 amide bonds. The van der Waals surface area contributed by atoms with Crippen LogP contribution in [-0.4, -0.2) is 60.9 Å². The van der Waals surface area contributed by atoms with Gasteiger partial charge in [-0.15, -0.1) is 0 Å². The first-order valence-electron chi connectivity index (χ1n) is 9.63. The predicted octanol–water partition coefficient (Wildman–Crippen LogP) is 3.08. The summed E-state index contributed by atoms with van der Waals surface area (Å²) in [7, 11) is 0. The van der Waals surface area contributed by atoms with E-state index in [0.717, 1.165) is 37.2 Å². The third-order valence-corrected chi connectivity index (χ3v) is 9.44. The summed E-state index contributed by atoms with van der Waals surface area (Å²) >= 11 is 2.65. The summed E-state index contributed by atoms with van der Waals surface area (Å²) in [6, 6.07) is 21.1. The van der Waals surface area contributed by atoms with Gasteiger partial charge >= 0.3 is 188 Å². The summed E-state index contributed by atoms with van der Waals surface area (Å²) in [5.74, 6) is 2.24. The Hall–Kier alpha value is -1.49. The minimum atomic E-state index is 0.329. The molecular formula is C22H22N4SSe2. The summed E-state index contributed by atoms with van der Waals surface area (Å²) in [5.41, 5.74) is 2.65. The van der Waals surface area contributed by atoms with Gasteiger partial charge in [0, 0.05) is 0 Å². The van der Waals surface area contributed by atoms with Gasteiger partial charge in [-0.05, 0) is 0 Å². The maximum absolute atomic E-state index is 4.42. The van der Waals surface area contributed by atoms with E-state index in [-0.39, 0.29) is 0 Å². The molecule has 0 unspecified atom stereocenters. The fourth-order valence-corrected chi connectivity index (χ4v) is 8.03. The van der Waals surface area contributed by atoms with Crippen LogP contribution in [-0.2, 0) is 25.7 Å². The topological polar surface area (TPSA) is 51.6 Å². The Morgan fingerprint density at radius 3 is 1.41 bits per heavy atom. The molecule has 0 saturated heterocycles. The van der Waals surface area contributed by atoms with Crippen molar-refractivity contribution in [2.75, 3.05) is 11.5 Å². The minimum absolute atomic E-state index is 0.329. The second-order valence-corrected chi connectivity index (χ2v) is 12.7. The van der Waals surface area contributed by atoms with Gasteiger partial charge in [0.15, 0.2) is 0 Å². The summed E-state index contributed by atoms with van der Waals surface area (Å²) < 4.78 is 5.06. The summed E-state index contributed by atoms with van der Waals surface area (Å²) in [6.45, 7) is 0. The number of aryl methyl sites for hydroxylation is 2. The molecular weight excluding hydrogens is 510 g/mol. The van der Waals surface area contributed by atoms with Gasteiger partial charge < -0.3 is 0 Å². The number of nitrogens with zero attached hydrogens (tertiary/aromatic N) is 4. The van der Waals surface area contributed by atoms with Gasteiger partial charge in [-0.3, -0.25) is 0 Å². The standard InChI is InChI=1S/C22H22N4SSe2/c1-3-7-17(8-4-1)15-21-25-23-19(28-21)11-13-27-14-12-20-24-26-22(29-20)16-18-9-5-2-6-10-18/h1-10H,11-16H2. The molecule has 4 rings (SSSR count). The van der Waals surface area contributed by atoms with Gasteiger partial charge in [0.25, 0.3) is 0 Å². The number of benzene rings is 2. The molecule has 0 spiro atoms. The molecule has 0 aliphatic rings. The maximum atomic E-state index is 4.42. The molecule has 0 atom stereocenters. The van der Waals surface area contributed by atoms with Crippen molar-refractivity contribution in [3.05, 3.63) is 90.1 Å². The number of aromatic nitrogens is 4. The monoisotopic (exact) mass is 534 g/mol. The van der Waals surface area contributed by atoms with E-state index in [1.54, 1.807) is 0 Å². The first kappa shape index (κ1) is 20.8. The van der Waals surface area contributed by atoms with E-state index in [1.807, 2.05) is 11.8 Å². The first-order valence-corrected chi connectivity index (χ1v) is 14.2. The van der Waals surface area contributed by atoms with Crippen LogP contribution in [0.4, 0.5) is 0 Å². The quantitative estimate of drug-likeness (QED) is 0.232. The Bertz CT molecular complexity index is 920. The summed E-state index contributed by atoms with van der Waals surface area (Å²) in [5, 5.41) is 17.7. The summed E-state index contributed by atoms with van der Waals surface area (Å²) in [4.78, 5) is 0. The zero-order valence-corrected chi connectivity index (χ0v) is 20.3. The van der Waals surface area contributed by atoms with Crippen LogP contribution in [0.5, 0.6) is 0 Å². The molecule has 0 saturated carbocycles. The average Bonchev–Trinajstić information content (AvgIpc) is 3.39. The molecule has 29 heavy (non-hydrogen) atoms. The van der Waals surface area contributed by atoms with E-state index in [0.29, 0.717) is 29.0 Å². The molecule has 0 aliphatic carbocycles. The van der Waals surface area contributed by atoms with Crippen molar-refractivity contribution in [2.45, 2.75) is 25.7 Å². The molecule has 0 aliphatic heterocycles. The Morgan fingerprint density at radius 1 is 0.552 bits per heavy atom. The van der Waals surface area contributed by atoms with Crippen LogP contribution in [0.3, 0.4) is 0 Å². The fraction of sp³-hybridized carbons (Fsp3) is 0.273. The predicted molar refractivity (Wildman–Crippen MR) is 121 cm³/mol. The van der Waals surface area contributed by atoms with Gasteiger partial charge in [0.1, 0.15) is 0 Å². The van der Waals surface area contributed by atoms with Crippen molar-refractivity contribution in [2.24, 2.45) is 0 Å². The molecule has 0 fully saturated rings. The molecule has 0 N–H and O–H groups in total. The Morgan fingerprint density at radius 2 is 0.966 bits per heavy atom. The third-order valence-electron chi connectivity index (χ3n) is 4.33. The van der Waals surface area contributed by atoms with E-state index in [1.165, 1.54) is 29.4 Å². The Labute approximate surface area is 187 Å². The van der Waals surface area contributed by atoms with Crippen molar-refractivity contribution in [1.29, 1.82) is 0 Å². The van der Waals surface area contributed by atoms with Crippen molar-refractivity contribution in [1.82, 2.24) is 20.4 Å². The van der Waals surface area contributed by atoms with Gasteiger partial charge in [-0.25, -0.2) is 0 Å². The zero-order valence-electron chi connectivity index (χ0n) is 16.0. The van der Waals surface area contributed by atoms with Crippen molar-refractivity contribution in [3.63, 3.8) is 0 Å². The van der Waals surface area contributed by atoms with E-state index in [2.05, 4.69) is 81.1 Å². The molecule has 148 valence electrons. The second-order valence-electron chi connectivity index (χ2n) is 6.62. The number of rotatable bonds is 10. The summed E-state index contributed by atoms with van der Waals surface area (Å²) in [6.07, 6.45) is 3.99. The van der Waals surface area contributed by atoms with E-state index < -0.39 is 0 Å². The third kappa shape index (κ3) is 6.77. The van der Waals surface area contributed by atoms with Crippen LogP contribution in [0.2, 0.25) is 0 Å². The number of thioether (sulfide) groups is 1.